The third kappa shape index (κ3) is 7.08. The van der Waals surface area contributed by atoms with Gasteiger partial charge >= 0.3 is 5.97 Å². The van der Waals surface area contributed by atoms with Gasteiger partial charge in [-0.1, -0.05) is 67.2 Å². The number of hydrogen-bond acceptors (Lipinski definition) is 7. The van der Waals surface area contributed by atoms with Gasteiger partial charge in [0.2, 0.25) is 0 Å². The SMILES string of the molecule is CCCCCCOC(C)C1C2CC3NC(CC4NC5C(CC(O)C5C4C)C4NC(CC(N2)C1C)[C@@H](C)[C@@H]4CCC(=O)O)C(CC)C3C. The van der Waals surface area contributed by atoms with E-state index in [1.54, 1.807) is 0 Å². The minimum absolute atomic E-state index is 0.216. The van der Waals surface area contributed by atoms with Crippen LogP contribution < -0.4 is 21.3 Å². The van der Waals surface area contributed by atoms with Crippen molar-refractivity contribution in [1.29, 1.82) is 0 Å². The van der Waals surface area contributed by atoms with Gasteiger partial charge in [0.15, 0.2) is 0 Å². The maximum absolute atomic E-state index is 11.8. The van der Waals surface area contributed by atoms with Crippen molar-refractivity contribution in [3.8, 4) is 0 Å². The summed E-state index contributed by atoms with van der Waals surface area (Å²) in [6.07, 6.45) is 11.1. The molecule has 0 aromatic rings. The number of aliphatic hydroxyl groups is 1. The fourth-order valence-electron chi connectivity index (χ4n) is 12.5. The van der Waals surface area contributed by atoms with Crippen LogP contribution >= 0.6 is 0 Å². The number of hydrogen-bond donors (Lipinski definition) is 6. The molecule has 8 nitrogen and oxygen atoms in total. The summed E-state index contributed by atoms with van der Waals surface area (Å²) in [6.45, 7) is 17.6. The molecule has 0 radical (unpaired) electrons. The summed E-state index contributed by atoms with van der Waals surface area (Å²) < 4.78 is 6.64. The Labute approximate surface area is 286 Å². The van der Waals surface area contributed by atoms with Crippen LogP contribution in [0.3, 0.4) is 0 Å². The molecule has 8 bridgehead atoms. The Hall–Kier alpha value is -0.770. The first-order valence-electron chi connectivity index (χ1n) is 20.1. The molecule has 270 valence electrons. The number of unbranched alkanes of at least 4 members (excludes halogenated alkanes) is 3. The zero-order chi connectivity index (χ0) is 33.6. The normalized spacial score (nSPS) is 49.9. The van der Waals surface area contributed by atoms with Crippen molar-refractivity contribution in [2.45, 2.75) is 180 Å². The molecule has 5 aliphatic heterocycles. The average molecular weight is 659 g/mol. The number of carboxylic acid groups (broad SMARTS) is 1. The molecule has 17 unspecified atom stereocenters. The monoisotopic (exact) mass is 659 g/mol. The molecule has 6 rings (SSSR count). The van der Waals surface area contributed by atoms with Crippen LogP contribution in [0.1, 0.15) is 119 Å². The first-order chi connectivity index (χ1) is 22.5. The Balaban J connectivity index is 1.30. The van der Waals surface area contributed by atoms with E-state index in [-0.39, 0.29) is 36.6 Å². The van der Waals surface area contributed by atoms with E-state index >= 15 is 0 Å². The molecule has 1 aliphatic carbocycles. The number of rotatable bonds is 11. The Morgan fingerprint density at radius 2 is 1.36 bits per heavy atom. The van der Waals surface area contributed by atoms with Crippen LogP contribution in [-0.2, 0) is 9.53 Å². The van der Waals surface area contributed by atoms with Crippen molar-refractivity contribution in [3.63, 3.8) is 0 Å². The van der Waals surface area contributed by atoms with E-state index in [0.29, 0.717) is 90.0 Å². The lowest BCUT2D eigenvalue weighted by atomic mass is 9.76. The molecule has 6 aliphatic rings. The van der Waals surface area contributed by atoms with E-state index in [2.05, 4.69) is 69.7 Å². The van der Waals surface area contributed by atoms with Crippen LogP contribution in [-0.4, -0.2) is 83.3 Å². The number of carbonyl (C=O) groups is 1. The van der Waals surface area contributed by atoms with Crippen LogP contribution in [0.2, 0.25) is 0 Å². The highest BCUT2D eigenvalue weighted by Crippen LogP contribution is 2.50. The molecular formula is C39H70N4O4. The van der Waals surface area contributed by atoms with Gasteiger partial charge in [-0.2, -0.15) is 0 Å². The van der Waals surface area contributed by atoms with Gasteiger partial charge in [-0.15, -0.1) is 0 Å². The van der Waals surface area contributed by atoms with E-state index in [1.807, 2.05) is 0 Å². The number of carboxylic acids is 1. The van der Waals surface area contributed by atoms with Crippen molar-refractivity contribution in [1.82, 2.24) is 21.3 Å². The quantitative estimate of drug-likeness (QED) is 0.168. The highest BCUT2D eigenvalue weighted by Gasteiger charge is 2.58. The summed E-state index contributed by atoms with van der Waals surface area (Å²) in [5, 5.41) is 38.1. The summed E-state index contributed by atoms with van der Waals surface area (Å²) >= 11 is 0. The van der Waals surface area contributed by atoms with Gasteiger partial charge in [-0.05, 0) is 86.9 Å². The van der Waals surface area contributed by atoms with Crippen molar-refractivity contribution in [2.75, 3.05) is 6.61 Å². The van der Waals surface area contributed by atoms with E-state index in [1.165, 1.54) is 25.7 Å². The molecule has 0 spiro atoms. The van der Waals surface area contributed by atoms with Gasteiger partial charge in [-0.25, -0.2) is 0 Å². The third-order valence-corrected chi connectivity index (χ3v) is 15.1. The zero-order valence-electron chi connectivity index (χ0n) is 30.7. The molecule has 6 fully saturated rings. The minimum atomic E-state index is -0.697. The predicted molar refractivity (Wildman–Crippen MR) is 188 cm³/mol. The summed E-state index contributed by atoms with van der Waals surface area (Å²) in [5.74, 6) is 3.27. The molecule has 19 atom stereocenters. The van der Waals surface area contributed by atoms with E-state index < -0.39 is 5.97 Å². The van der Waals surface area contributed by atoms with Crippen molar-refractivity contribution in [2.24, 2.45) is 53.3 Å². The molecule has 5 heterocycles. The van der Waals surface area contributed by atoms with Crippen LogP contribution in [0.25, 0.3) is 0 Å². The molecule has 1 saturated carbocycles. The molecule has 0 amide bonds. The largest absolute Gasteiger partial charge is 0.481 e. The van der Waals surface area contributed by atoms with Crippen LogP contribution in [0.15, 0.2) is 0 Å². The Morgan fingerprint density at radius 1 is 0.745 bits per heavy atom. The lowest BCUT2D eigenvalue weighted by molar-refractivity contribution is -0.137. The molecule has 47 heavy (non-hydrogen) atoms. The minimum Gasteiger partial charge on any atom is -0.481 e. The maximum atomic E-state index is 11.8. The second-order valence-electron chi connectivity index (χ2n) is 17.4. The summed E-state index contributed by atoms with van der Waals surface area (Å²) in [7, 11) is 0. The standard InChI is InChI=1S/C39H70N4O4/c1-8-10-11-12-15-47-24(7)36-22(5)30-17-29-21(4)26(13-14-35(45)46)38(42-29)27-16-34(44)37-23(6)31(43-39(27)37)18-32-25(9-2)20(3)28(40-32)19-33(36)41-30/h20-34,36-44H,8-19H2,1-7H3,(H,45,46)/t20?,21-,22?,23?,24?,25?,26-,27?,28?,29?,30?,31?,32?,33?,34?,36?,37?,38?,39?/m0/s1. The number of aliphatic hydroxyl groups excluding tert-OH is 1. The molecular weight excluding hydrogens is 588 g/mol. The van der Waals surface area contributed by atoms with Crippen molar-refractivity contribution >= 4 is 5.97 Å². The summed E-state index contributed by atoms with van der Waals surface area (Å²) in [5.41, 5.74) is 0. The highest BCUT2D eigenvalue weighted by atomic mass is 16.5. The topological polar surface area (TPSA) is 115 Å². The third-order valence-electron chi connectivity index (χ3n) is 15.1. The first kappa shape index (κ1) is 36.0. The lowest BCUT2D eigenvalue weighted by Gasteiger charge is -2.32. The Morgan fingerprint density at radius 3 is 2.09 bits per heavy atom. The van der Waals surface area contributed by atoms with Gasteiger partial charge in [0.1, 0.15) is 0 Å². The van der Waals surface area contributed by atoms with Gasteiger partial charge in [0.05, 0.1) is 12.2 Å². The fourth-order valence-corrected chi connectivity index (χ4v) is 12.5. The summed E-state index contributed by atoms with van der Waals surface area (Å²) in [6, 6.07) is 3.03. The van der Waals surface area contributed by atoms with Crippen LogP contribution in [0.4, 0.5) is 0 Å². The predicted octanol–water partition coefficient (Wildman–Crippen LogP) is 5.18. The van der Waals surface area contributed by atoms with E-state index in [9.17, 15) is 15.0 Å². The van der Waals surface area contributed by atoms with Crippen LogP contribution in [0, 0.1) is 53.3 Å². The van der Waals surface area contributed by atoms with Crippen LogP contribution in [0.5, 0.6) is 0 Å². The summed E-state index contributed by atoms with van der Waals surface area (Å²) in [4.78, 5) is 11.8. The first-order valence-corrected chi connectivity index (χ1v) is 20.1. The van der Waals surface area contributed by atoms with E-state index in [4.69, 9.17) is 4.74 Å². The molecule has 0 aromatic carbocycles. The molecule has 8 heteroatoms. The Kier molecular flexibility index (Phi) is 11.7. The fraction of sp³-hybridized carbons (Fsp3) is 0.974. The lowest BCUT2D eigenvalue weighted by Crippen LogP contribution is -2.49. The highest BCUT2D eigenvalue weighted by molar-refractivity contribution is 5.66. The number of aliphatic carboxylic acids is 1. The molecule has 6 N–H and O–H groups in total. The smallest absolute Gasteiger partial charge is 0.303 e. The van der Waals surface area contributed by atoms with Crippen molar-refractivity contribution in [3.05, 3.63) is 0 Å². The number of fused-ring (bicyclic) bond motifs is 8. The van der Waals surface area contributed by atoms with Gasteiger partial charge in [0.25, 0.3) is 0 Å². The van der Waals surface area contributed by atoms with E-state index in [0.717, 1.165) is 38.7 Å². The average Bonchev–Trinajstić information content (AvgIpc) is 3.78. The second-order valence-corrected chi connectivity index (χ2v) is 17.4. The van der Waals surface area contributed by atoms with Gasteiger partial charge < -0.3 is 36.2 Å². The van der Waals surface area contributed by atoms with Crippen molar-refractivity contribution < 1.29 is 19.7 Å². The second kappa shape index (κ2) is 15.2. The van der Waals surface area contributed by atoms with Gasteiger partial charge in [-0.3, -0.25) is 4.79 Å². The molecule has 0 aromatic heterocycles. The molecule has 5 saturated heterocycles. The Bertz CT molecular complexity index is 1050. The van der Waals surface area contributed by atoms with Gasteiger partial charge in [0, 0.05) is 73.2 Å². The number of nitrogens with one attached hydrogen (secondary N) is 4. The number of ether oxygens (including phenoxy) is 1. The maximum Gasteiger partial charge on any atom is 0.303 e. The zero-order valence-corrected chi connectivity index (χ0v) is 30.7.